The molecular weight excluding hydrogens is 200 g/mol. The van der Waals surface area contributed by atoms with Crippen molar-refractivity contribution < 1.29 is 9.59 Å². The van der Waals surface area contributed by atoms with Crippen molar-refractivity contribution >= 4 is 23.1 Å². The molecule has 0 aromatic rings. The lowest BCUT2D eigenvalue weighted by Crippen LogP contribution is -2.43. The van der Waals surface area contributed by atoms with E-state index in [0.29, 0.717) is 11.5 Å². The van der Waals surface area contributed by atoms with Crippen molar-refractivity contribution in [3.8, 4) is 0 Å². The average molecular weight is 211 g/mol. The third-order valence-corrected chi connectivity index (χ3v) is 3.58. The van der Waals surface area contributed by atoms with Crippen molar-refractivity contribution in [1.82, 2.24) is 0 Å². The van der Waals surface area contributed by atoms with Gasteiger partial charge in [0.1, 0.15) is 6.29 Å². The minimum absolute atomic E-state index is 0.0368. The van der Waals surface area contributed by atoms with Gasteiger partial charge in [-0.2, -0.15) is 0 Å². The Kier molecular flexibility index (Phi) is 2.31. The molecule has 2 bridgehead atoms. The zero-order valence-electron chi connectivity index (χ0n) is 7.81. The third kappa shape index (κ3) is 1.25. The lowest BCUT2D eigenvalue weighted by atomic mass is 9.58. The molecule has 0 N–H and O–H groups in total. The Morgan fingerprint density at radius 1 is 1.50 bits per heavy atom. The Hall–Kier alpha value is -0.890. The van der Waals surface area contributed by atoms with Crippen LogP contribution in [0.3, 0.4) is 0 Å². The summed E-state index contributed by atoms with van der Waals surface area (Å²) in [5.74, 6) is 0.942. The monoisotopic (exact) mass is 210 g/mol. The van der Waals surface area contributed by atoms with Gasteiger partial charge < -0.3 is 4.79 Å². The number of halogens is 1. The maximum Gasteiger partial charge on any atom is 0.252 e. The van der Waals surface area contributed by atoms with Crippen LogP contribution in [0.25, 0.3) is 0 Å². The van der Waals surface area contributed by atoms with Crippen LogP contribution in [0.15, 0.2) is 23.8 Å². The highest BCUT2D eigenvalue weighted by atomic mass is 35.5. The fourth-order valence-corrected chi connectivity index (χ4v) is 2.55. The summed E-state index contributed by atoms with van der Waals surface area (Å²) in [6.45, 7) is 2.10. The number of rotatable bonds is 2. The van der Waals surface area contributed by atoms with Gasteiger partial charge in [0.2, 0.25) is 0 Å². The first-order chi connectivity index (χ1) is 6.65. The average Bonchev–Trinajstić information content (AvgIpc) is 2.44. The number of allylic oxidation sites excluding steroid dienone is 4. The van der Waals surface area contributed by atoms with Crippen LogP contribution in [0.2, 0.25) is 0 Å². The molecule has 1 fully saturated rings. The summed E-state index contributed by atoms with van der Waals surface area (Å²) >= 11 is 5.40. The highest BCUT2D eigenvalue weighted by Gasteiger charge is 2.46. The van der Waals surface area contributed by atoms with Gasteiger partial charge in [0.25, 0.3) is 5.24 Å². The van der Waals surface area contributed by atoms with Crippen molar-refractivity contribution in [2.24, 2.45) is 23.7 Å². The fraction of sp³-hybridized carbons (Fsp3) is 0.455. The minimum Gasteiger partial charge on any atom is -0.303 e. The van der Waals surface area contributed by atoms with Gasteiger partial charge in [-0.3, -0.25) is 4.79 Å². The first-order valence-corrected chi connectivity index (χ1v) is 5.08. The SMILES string of the molecule is CC1C2C=CC(C(=O)Cl)=CC1C2C=O. The minimum atomic E-state index is -0.439. The maximum atomic E-state index is 11.0. The smallest absolute Gasteiger partial charge is 0.252 e. The van der Waals surface area contributed by atoms with Crippen molar-refractivity contribution in [3.63, 3.8) is 0 Å². The summed E-state index contributed by atoms with van der Waals surface area (Å²) in [5, 5.41) is -0.439. The molecular formula is C11H11ClO2. The molecule has 0 aromatic heterocycles. The van der Waals surface area contributed by atoms with E-state index in [4.69, 9.17) is 11.6 Å². The molecule has 1 saturated carbocycles. The molecule has 0 spiro atoms. The molecule has 3 aliphatic rings. The second-order valence-electron chi connectivity index (χ2n) is 3.98. The van der Waals surface area contributed by atoms with Crippen molar-refractivity contribution in [1.29, 1.82) is 0 Å². The second kappa shape index (κ2) is 3.35. The number of hydrogen-bond donors (Lipinski definition) is 0. The molecule has 0 aromatic carbocycles. The first kappa shape index (κ1) is 9.66. The van der Waals surface area contributed by atoms with E-state index in [1.54, 1.807) is 6.08 Å². The van der Waals surface area contributed by atoms with Crippen LogP contribution in [0.4, 0.5) is 0 Å². The molecule has 0 heterocycles. The summed E-state index contributed by atoms with van der Waals surface area (Å²) in [7, 11) is 0. The second-order valence-corrected chi connectivity index (χ2v) is 4.33. The van der Waals surface area contributed by atoms with Gasteiger partial charge in [0.05, 0.1) is 0 Å². The molecule has 74 valence electrons. The van der Waals surface area contributed by atoms with Crippen LogP contribution in [-0.2, 0) is 9.59 Å². The van der Waals surface area contributed by atoms with Crippen LogP contribution in [0, 0.1) is 23.7 Å². The molecule has 3 heteroatoms. The number of carbonyl (C=O) groups excluding carboxylic acids is 2. The number of hydrogen-bond acceptors (Lipinski definition) is 2. The Morgan fingerprint density at radius 3 is 2.79 bits per heavy atom. The Bertz CT molecular complexity index is 343. The van der Waals surface area contributed by atoms with E-state index < -0.39 is 5.24 Å². The van der Waals surface area contributed by atoms with Crippen LogP contribution in [0.1, 0.15) is 6.92 Å². The third-order valence-electron chi connectivity index (χ3n) is 3.36. The van der Waals surface area contributed by atoms with E-state index in [1.807, 2.05) is 12.2 Å². The largest absolute Gasteiger partial charge is 0.303 e. The molecule has 3 rings (SSSR count). The molecule has 0 radical (unpaired) electrons. The summed E-state index contributed by atoms with van der Waals surface area (Å²) < 4.78 is 0. The standard InChI is InChI=1S/C11H11ClO2/c1-6-8-3-2-7(11(12)14)4-9(6)10(8)5-13/h2-6,8-10H,1H3. The number of carbonyl (C=O) groups is 2. The molecule has 14 heavy (non-hydrogen) atoms. The van der Waals surface area contributed by atoms with Gasteiger partial charge in [0.15, 0.2) is 0 Å². The van der Waals surface area contributed by atoms with E-state index in [2.05, 4.69) is 6.92 Å². The van der Waals surface area contributed by atoms with Gasteiger partial charge in [-0.1, -0.05) is 25.2 Å². The predicted octanol–water partition coefficient (Wildman–Crippen LogP) is 1.95. The van der Waals surface area contributed by atoms with Gasteiger partial charge in [-0.15, -0.1) is 0 Å². The predicted molar refractivity (Wildman–Crippen MR) is 53.8 cm³/mol. The molecule has 4 atom stereocenters. The highest BCUT2D eigenvalue weighted by Crippen LogP contribution is 2.48. The Balaban J connectivity index is 2.33. The van der Waals surface area contributed by atoms with Crippen LogP contribution >= 0.6 is 11.6 Å². The first-order valence-electron chi connectivity index (χ1n) is 4.70. The summed E-state index contributed by atoms with van der Waals surface area (Å²) in [6, 6.07) is 0. The van der Waals surface area contributed by atoms with E-state index in [0.717, 1.165) is 6.29 Å². The molecule has 2 nitrogen and oxygen atoms in total. The zero-order valence-corrected chi connectivity index (χ0v) is 8.57. The number of fused-ring (bicyclic) bond motifs is 1. The number of aldehydes is 1. The fourth-order valence-electron chi connectivity index (χ4n) is 2.43. The lowest BCUT2D eigenvalue weighted by Gasteiger charge is -2.44. The van der Waals surface area contributed by atoms with Crippen LogP contribution in [-0.4, -0.2) is 11.5 Å². The van der Waals surface area contributed by atoms with Gasteiger partial charge >= 0.3 is 0 Å². The van der Waals surface area contributed by atoms with E-state index in [1.165, 1.54) is 0 Å². The zero-order chi connectivity index (χ0) is 10.3. The maximum absolute atomic E-state index is 11.0. The Labute approximate surface area is 87.6 Å². The van der Waals surface area contributed by atoms with Crippen LogP contribution < -0.4 is 0 Å². The van der Waals surface area contributed by atoms with E-state index in [9.17, 15) is 9.59 Å². The molecule has 4 unspecified atom stereocenters. The summed E-state index contributed by atoms with van der Waals surface area (Å²) in [5.41, 5.74) is 0.523. The van der Waals surface area contributed by atoms with Gasteiger partial charge in [-0.05, 0) is 29.4 Å². The quantitative estimate of drug-likeness (QED) is 0.516. The Morgan fingerprint density at radius 2 is 2.21 bits per heavy atom. The normalized spacial score (nSPS) is 39.4. The van der Waals surface area contributed by atoms with Crippen molar-refractivity contribution in [2.45, 2.75) is 6.92 Å². The van der Waals surface area contributed by atoms with Gasteiger partial charge in [-0.25, -0.2) is 0 Å². The van der Waals surface area contributed by atoms with E-state index >= 15 is 0 Å². The molecule has 0 saturated heterocycles. The highest BCUT2D eigenvalue weighted by molar-refractivity contribution is 6.68. The summed E-state index contributed by atoms with van der Waals surface area (Å²) in [4.78, 5) is 21.8. The van der Waals surface area contributed by atoms with Gasteiger partial charge in [0, 0.05) is 11.5 Å². The lowest BCUT2D eigenvalue weighted by molar-refractivity contribution is -0.119. The topological polar surface area (TPSA) is 34.1 Å². The van der Waals surface area contributed by atoms with E-state index in [-0.39, 0.29) is 17.8 Å². The van der Waals surface area contributed by atoms with Crippen molar-refractivity contribution in [2.75, 3.05) is 0 Å². The van der Waals surface area contributed by atoms with Crippen molar-refractivity contribution in [3.05, 3.63) is 23.8 Å². The molecule has 0 amide bonds. The summed E-state index contributed by atoms with van der Waals surface area (Å²) in [6.07, 6.45) is 6.48. The molecule has 3 aliphatic carbocycles. The molecule has 0 aliphatic heterocycles. The van der Waals surface area contributed by atoms with Crippen LogP contribution in [0.5, 0.6) is 0 Å².